The molecule has 248 valence electrons. The molecule has 4 fully saturated rings. The van der Waals surface area contributed by atoms with Crippen LogP contribution in [0.15, 0.2) is 70.8 Å². The number of carbonyl (C=O) groups excluding carboxylic acids is 3. The zero-order valence-electron chi connectivity index (χ0n) is 25.8. The van der Waals surface area contributed by atoms with E-state index in [1.165, 1.54) is 16.7 Å². The van der Waals surface area contributed by atoms with E-state index in [4.69, 9.17) is 4.74 Å². The maximum Gasteiger partial charge on any atom is 0.421 e. The van der Waals surface area contributed by atoms with Gasteiger partial charge in [0.25, 0.3) is 11.8 Å². The van der Waals surface area contributed by atoms with Gasteiger partial charge in [-0.25, -0.2) is 4.79 Å². The molecular weight excluding hydrogens is 631 g/mol. The van der Waals surface area contributed by atoms with Crippen LogP contribution in [0.5, 0.6) is 11.5 Å². The fourth-order valence-electron chi connectivity index (χ4n) is 6.97. The van der Waals surface area contributed by atoms with Crippen molar-refractivity contribution in [3.63, 3.8) is 0 Å². The van der Waals surface area contributed by atoms with E-state index >= 15 is 0 Å². The second-order valence-corrected chi connectivity index (χ2v) is 13.9. The van der Waals surface area contributed by atoms with Gasteiger partial charge in [-0.1, -0.05) is 36.0 Å². The number of ether oxygens (including phenoxy) is 1. The number of piperidine rings is 2. The van der Waals surface area contributed by atoms with Gasteiger partial charge >= 0.3 is 12.2 Å². The molecule has 2 aromatic rings. The molecule has 1 aliphatic carbocycles. The minimum Gasteiger partial charge on any atom is -0.457 e. The van der Waals surface area contributed by atoms with Crippen molar-refractivity contribution < 1.29 is 32.3 Å². The van der Waals surface area contributed by atoms with Crippen molar-refractivity contribution in [3.05, 3.63) is 76.3 Å². The summed E-state index contributed by atoms with van der Waals surface area (Å²) in [6, 6.07) is 14.1. The number of aryl methyl sites for hydroxylation is 1. The number of anilines is 1. The second-order valence-electron chi connectivity index (χ2n) is 12.8. The van der Waals surface area contributed by atoms with E-state index in [-0.39, 0.29) is 42.4 Å². The number of carbonyl (C=O) groups is 3. The average Bonchev–Trinajstić information content (AvgIpc) is 3.80. The lowest BCUT2D eigenvalue weighted by molar-refractivity contribution is -0.141. The van der Waals surface area contributed by atoms with Crippen LogP contribution in [-0.2, 0) is 9.59 Å². The molecule has 2 aromatic carbocycles. The number of rotatable bonds is 7. The molecule has 4 amide bonds. The van der Waals surface area contributed by atoms with Crippen LogP contribution in [0.3, 0.4) is 0 Å². The van der Waals surface area contributed by atoms with Gasteiger partial charge in [-0.15, -0.1) is 0 Å². The van der Waals surface area contributed by atoms with Crippen LogP contribution >= 0.6 is 11.8 Å². The Kier molecular flexibility index (Phi) is 8.46. The Morgan fingerprint density at radius 1 is 1.06 bits per heavy atom. The summed E-state index contributed by atoms with van der Waals surface area (Å²) in [5.74, 6) is -0.430. The smallest absolute Gasteiger partial charge is 0.421 e. The molecule has 47 heavy (non-hydrogen) atoms. The van der Waals surface area contributed by atoms with Crippen molar-refractivity contribution in [1.29, 1.82) is 0 Å². The van der Waals surface area contributed by atoms with E-state index < -0.39 is 29.6 Å². The van der Waals surface area contributed by atoms with Gasteiger partial charge in [0.2, 0.25) is 0 Å². The Labute approximate surface area is 274 Å². The van der Waals surface area contributed by atoms with Crippen LogP contribution in [0.2, 0.25) is 0 Å². The van der Waals surface area contributed by atoms with Gasteiger partial charge in [-0.2, -0.15) is 13.2 Å². The van der Waals surface area contributed by atoms with E-state index in [9.17, 15) is 27.6 Å². The molecule has 0 aromatic heterocycles. The SMILES string of the molecule is Cc1cc(Oc2ccccc2)ccc1N1C(=O)NC2=C(C(=O)N[C@@H]3CCCN(C(=O)/C(=C\C4CC4)C(F)(F)F)C3)SC3NCCC1C23. The van der Waals surface area contributed by atoms with Crippen molar-refractivity contribution in [3.8, 4) is 11.5 Å². The standard InChI is InChI=1S/C34H36F3N5O4S/c1-19-16-23(46-22-7-3-2-4-8-22)11-12-25(19)42-26-13-14-38-31-27(26)28(40-33(42)45)29(47-31)30(43)39-21-6-5-15-41(18-21)32(44)24(34(35,36)37)17-20-9-10-20/h2-4,7-8,11-12,16-17,20-21,26-27,31,38H,5-6,9-10,13-15,18H2,1H3,(H,39,43)(H,40,45)/b24-17+/t21-,26?,27?,31?/m1/s1. The van der Waals surface area contributed by atoms with Crippen molar-refractivity contribution >= 4 is 35.3 Å². The fourth-order valence-corrected chi connectivity index (χ4v) is 8.37. The van der Waals surface area contributed by atoms with Gasteiger partial charge in [0.1, 0.15) is 17.1 Å². The molecule has 3 unspecified atom stereocenters. The van der Waals surface area contributed by atoms with Gasteiger partial charge in [0.15, 0.2) is 0 Å². The molecule has 1 saturated carbocycles. The quantitative estimate of drug-likeness (QED) is 0.333. The summed E-state index contributed by atoms with van der Waals surface area (Å²) in [4.78, 5) is 43.7. The Morgan fingerprint density at radius 2 is 1.85 bits per heavy atom. The molecule has 4 aliphatic heterocycles. The summed E-state index contributed by atoms with van der Waals surface area (Å²) < 4.78 is 47.2. The molecule has 0 bridgehead atoms. The summed E-state index contributed by atoms with van der Waals surface area (Å²) in [6.07, 6.45) is -0.671. The lowest BCUT2D eigenvalue weighted by Gasteiger charge is -2.46. The Bertz CT molecular complexity index is 1640. The number of alkyl halides is 3. The van der Waals surface area contributed by atoms with E-state index in [0.717, 1.165) is 17.3 Å². The van der Waals surface area contributed by atoms with Crippen molar-refractivity contribution in [2.24, 2.45) is 11.8 Å². The summed E-state index contributed by atoms with van der Waals surface area (Å²) in [5, 5.41) is 9.31. The van der Waals surface area contributed by atoms with Gasteiger partial charge < -0.3 is 25.6 Å². The molecule has 4 atom stereocenters. The number of hydrogen-bond acceptors (Lipinski definition) is 6. The first-order chi connectivity index (χ1) is 22.6. The zero-order chi connectivity index (χ0) is 32.9. The third-order valence-electron chi connectivity index (χ3n) is 9.36. The monoisotopic (exact) mass is 667 g/mol. The Hall–Kier alpha value is -3.97. The van der Waals surface area contributed by atoms with Crippen molar-refractivity contribution in [2.45, 2.75) is 62.7 Å². The molecule has 13 heteroatoms. The van der Waals surface area contributed by atoms with E-state index in [1.807, 2.05) is 55.5 Å². The highest BCUT2D eigenvalue weighted by Crippen LogP contribution is 2.48. The molecule has 4 heterocycles. The summed E-state index contributed by atoms with van der Waals surface area (Å²) in [6.45, 7) is 2.79. The van der Waals surface area contributed by atoms with E-state index in [0.29, 0.717) is 60.8 Å². The normalized spacial score (nSPS) is 26.1. The van der Waals surface area contributed by atoms with Crippen LogP contribution in [-0.4, -0.2) is 66.0 Å². The highest BCUT2D eigenvalue weighted by molar-refractivity contribution is 8.04. The minimum absolute atomic E-state index is 0.00688. The number of likely N-dealkylation sites (tertiary alicyclic amines) is 1. The minimum atomic E-state index is -4.73. The maximum atomic E-state index is 13.7. The first-order valence-electron chi connectivity index (χ1n) is 16.0. The predicted molar refractivity (Wildman–Crippen MR) is 172 cm³/mol. The lowest BCUT2D eigenvalue weighted by atomic mass is 9.86. The van der Waals surface area contributed by atoms with Crippen molar-refractivity contribution in [2.75, 3.05) is 24.5 Å². The molecule has 9 nitrogen and oxygen atoms in total. The lowest BCUT2D eigenvalue weighted by Crippen LogP contribution is -2.62. The zero-order valence-corrected chi connectivity index (χ0v) is 26.6. The third-order valence-corrected chi connectivity index (χ3v) is 10.7. The number of urea groups is 1. The number of amides is 4. The number of nitrogens with zero attached hydrogens (tertiary/aromatic N) is 2. The van der Waals surface area contributed by atoms with Gasteiger partial charge in [0.05, 0.1) is 16.3 Å². The Morgan fingerprint density at radius 3 is 2.57 bits per heavy atom. The van der Waals surface area contributed by atoms with E-state index in [2.05, 4.69) is 16.0 Å². The van der Waals surface area contributed by atoms with Crippen LogP contribution in [0.25, 0.3) is 0 Å². The topological polar surface area (TPSA) is 103 Å². The third kappa shape index (κ3) is 6.47. The van der Waals surface area contributed by atoms with Crippen LogP contribution in [0, 0.1) is 18.8 Å². The molecule has 5 aliphatic rings. The molecule has 3 saturated heterocycles. The number of halogens is 3. The molecule has 0 radical (unpaired) electrons. The van der Waals surface area contributed by atoms with Crippen molar-refractivity contribution in [1.82, 2.24) is 20.9 Å². The number of nitrogens with one attached hydrogen (secondary N) is 3. The first kappa shape index (κ1) is 31.6. The molecule has 3 N–H and O–H groups in total. The number of para-hydroxylation sites is 1. The van der Waals surface area contributed by atoms with E-state index in [1.54, 1.807) is 4.90 Å². The molecule has 0 spiro atoms. The molecular formula is C34H36F3N5O4S. The highest BCUT2D eigenvalue weighted by atomic mass is 32.2. The maximum absolute atomic E-state index is 13.7. The van der Waals surface area contributed by atoms with Crippen LogP contribution in [0.4, 0.5) is 23.7 Å². The first-order valence-corrected chi connectivity index (χ1v) is 16.9. The summed E-state index contributed by atoms with van der Waals surface area (Å²) >= 11 is 1.36. The summed E-state index contributed by atoms with van der Waals surface area (Å²) in [7, 11) is 0. The number of thioether (sulfide) groups is 1. The largest absolute Gasteiger partial charge is 0.457 e. The second kappa shape index (κ2) is 12.6. The molecule has 7 rings (SSSR count). The van der Waals surface area contributed by atoms with Gasteiger partial charge in [-0.05, 0) is 87.4 Å². The van der Waals surface area contributed by atoms with Gasteiger partial charge in [-0.3, -0.25) is 14.5 Å². The summed E-state index contributed by atoms with van der Waals surface area (Å²) in [5.41, 5.74) is 1.08. The van der Waals surface area contributed by atoms with Crippen LogP contribution < -0.4 is 25.6 Å². The number of benzene rings is 2. The number of hydrogen-bond donors (Lipinski definition) is 3. The fraction of sp³-hybridized carbons (Fsp3) is 0.441. The highest BCUT2D eigenvalue weighted by Gasteiger charge is 2.52. The van der Waals surface area contributed by atoms with Gasteiger partial charge in [0, 0.05) is 36.4 Å². The average molecular weight is 668 g/mol. The predicted octanol–water partition coefficient (Wildman–Crippen LogP) is 5.59. The van der Waals surface area contributed by atoms with Crippen LogP contribution in [0.1, 0.15) is 37.7 Å². The Balaban J connectivity index is 1.06. The number of allylic oxidation sites excluding steroid dienone is 1.